The number of nitrogens with zero attached hydrogens (tertiary/aromatic N) is 2. The van der Waals surface area contributed by atoms with E-state index in [1.54, 1.807) is 31.4 Å². The van der Waals surface area contributed by atoms with Gasteiger partial charge < -0.3 is 14.9 Å². The number of aromatic hydroxyl groups is 2. The summed E-state index contributed by atoms with van der Waals surface area (Å²) in [6, 6.07) is 11.9. The molecule has 0 saturated carbocycles. The van der Waals surface area contributed by atoms with Crippen LogP contribution < -0.4 is 4.74 Å². The lowest BCUT2D eigenvalue weighted by Crippen LogP contribution is -1.90. The molecule has 0 spiro atoms. The molecule has 0 saturated heterocycles. The second-order valence-electron chi connectivity index (χ2n) is 4.00. The second kappa shape index (κ2) is 6.08. The predicted molar refractivity (Wildman–Crippen MR) is 76.3 cm³/mol. The fraction of sp³-hybridized carbons (Fsp3) is 0.0667. The van der Waals surface area contributed by atoms with E-state index in [1.165, 1.54) is 0 Å². The molecule has 21 heavy (non-hydrogen) atoms. The highest BCUT2D eigenvalue weighted by Gasteiger charge is 2.18. The average molecular weight is 298 g/mol. The van der Waals surface area contributed by atoms with Crippen molar-refractivity contribution in [3.63, 3.8) is 0 Å². The minimum atomic E-state index is -0.521. The van der Waals surface area contributed by atoms with Gasteiger partial charge in [0.1, 0.15) is 23.5 Å². The van der Waals surface area contributed by atoms with Crippen LogP contribution in [0.4, 0.5) is 0 Å². The Balaban J connectivity index is 2.50. The topological polar surface area (TPSA) is 97.3 Å². The van der Waals surface area contributed by atoms with Crippen molar-refractivity contribution in [3.8, 4) is 29.4 Å². The first-order chi connectivity index (χ1) is 10.1. The molecule has 0 bridgehead atoms. The van der Waals surface area contributed by atoms with Crippen molar-refractivity contribution in [2.75, 3.05) is 7.11 Å². The van der Waals surface area contributed by atoms with Crippen LogP contribution in [0, 0.1) is 22.7 Å². The lowest BCUT2D eigenvalue weighted by molar-refractivity contribution is 0.401. The van der Waals surface area contributed by atoms with Crippen LogP contribution in [0.25, 0.3) is 0 Å². The van der Waals surface area contributed by atoms with Gasteiger partial charge >= 0.3 is 0 Å². The Hall–Kier alpha value is -2.83. The number of phenolic OH excluding ortho intramolecular Hbond substituents is 2. The molecule has 2 aromatic rings. The van der Waals surface area contributed by atoms with Crippen molar-refractivity contribution in [1.82, 2.24) is 0 Å². The molecule has 6 heteroatoms. The van der Waals surface area contributed by atoms with Gasteiger partial charge in [0.25, 0.3) is 0 Å². The number of methoxy groups -OCH3 is 1. The Labute approximate surface area is 125 Å². The van der Waals surface area contributed by atoms with Gasteiger partial charge in [-0.2, -0.15) is 10.5 Å². The van der Waals surface area contributed by atoms with Crippen molar-refractivity contribution in [2.24, 2.45) is 0 Å². The predicted octanol–water partition coefficient (Wildman–Crippen LogP) is 3.00. The largest absolute Gasteiger partial charge is 0.504 e. The highest BCUT2D eigenvalue weighted by molar-refractivity contribution is 7.99. The fourth-order valence-corrected chi connectivity index (χ4v) is 2.66. The Bertz CT molecular complexity index is 758. The molecular weight excluding hydrogens is 288 g/mol. The van der Waals surface area contributed by atoms with Crippen LogP contribution >= 0.6 is 11.8 Å². The molecule has 5 nitrogen and oxygen atoms in total. The molecule has 0 atom stereocenters. The van der Waals surface area contributed by atoms with Gasteiger partial charge in [-0.25, -0.2) is 0 Å². The fourth-order valence-electron chi connectivity index (χ4n) is 1.70. The van der Waals surface area contributed by atoms with Crippen molar-refractivity contribution < 1.29 is 14.9 Å². The number of ether oxygens (including phenoxy) is 1. The average Bonchev–Trinajstić information content (AvgIpc) is 2.51. The normalized spacial score (nSPS) is 9.67. The Morgan fingerprint density at radius 1 is 1.10 bits per heavy atom. The number of rotatable bonds is 3. The quantitative estimate of drug-likeness (QED) is 0.845. The van der Waals surface area contributed by atoms with E-state index >= 15 is 0 Å². The summed E-state index contributed by atoms with van der Waals surface area (Å²) >= 11 is 1.16. The maximum atomic E-state index is 9.74. The summed E-state index contributed by atoms with van der Waals surface area (Å²) in [5, 5.41) is 37.5. The van der Waals surface area contributed by atoms with E-state index in [-0.39, 0.29) is 11.1 Å². The SMILES string of the molecule is COc1ccc(Sc2c(C#N)cc(O)c(O)c2C#N)cc1. The molecule has 0 amide bonds. The lowest BCUT2D eigenvalue weighted by Gasteiger charge is -2.09. The van der Waals surface area contributed by atoms with E-state index in [2.05, 4.69) is 0 Å². The Morgan fingerprint density at radius 2 is 1.76 bits per heavy atom. The van der Waals surface area contributed by atoms with Gasteiger partial charge in [0.2, 0.25) is 0 Å². The van der Waals surface area contributed by atoms with Crippen LogP contribution in [0.1, 0.15) is 11.1 Å². The summed E-state index contributed by atoms with van der Waals surface area (Å²) in [5.74, 6) is -0.316. The molecule has 104 valence electrons. The lowest BCUT2D eigenvalue weighted by atomic mass is 10.1. The minimum absolute atomic E-state index is 0.118. The summed E-state index contributed by atoms with van der Waals surface area (Å²) < 4.78 is 5.06. The molecule has 0 aliphatic rings. The van der Waals surface area contributed by atoms with Crippen LogP contribution in [0.3, 0.4) is 0 Å². The zero-order chi connectivity index (χ0) is 15.4. The van der Waals surface area contributed by atoms with E-state index in [0.29, 0.717) is 10.6 Å². The Kier molecular flexibility index (Phi) is 4.22. The van der Waals surface area contributed by atoms with Crippen LogP contribution in [-0.2, 0) is 0 Å². The molecule has 0 aliphatic carbocycles. The number of nitriles is 2. The number of benzene rings is 2. The standard InChI is InChI=1S/C15H10N2O3S/c1-20-10-2-4-11(5-3-10)21-15-9(7-16)6-13(18)14(19)12(15)8-17/h2-6,18-19H,1H3. The highest BCUT2D eigenvalue weighted by atomic mass is 32.2. The van der Waals surface area contributed by atoms with Gasteiger partial charge in [0, 0.05) is 11.0 Å². The molecule has 0 aromatic heterocycles. The first kappa shape index (κ1) is 14.6. The van der Waals surface area contributed by atoms with Crippen molar-refractivity contribution >= 4 is 11.8 Å². The van der Waals surface area contributed by atoms with Crippen molar-refractivity contribution in [1.29, 1.82) is 10.5 Å². The third-order valence-corrected chi connectivity index (χ3v) is 3.88. The molecule has 2 aromatic carbocycles. The smallest absolute Gasteiger partial charge is 0.176 e. The van der Waals surface area contributed by atoms with Gasteiger partial charge in [0.15, 0.2) is 11.5 Å². The van der Waals surface area contributed by atoms with E-state index in [4.69, 9.17) is 15.3 Å². The molecule has 0 heterocycles. The first-order valence-corrected chi connectivity index (χ1v) is 6.63. The molecule has 0 radical (unpaired) electrons. The second-order valence-corrected chi connectivity index (χ2v) is 5.08. The summed E-state index contributed by atoms with van der Waals surface area (Å²) in [7, 11) is 1.56. The van der Waals surface area contributed by atoms with E-state index in [9.17, 15) is 10.2 Å². The van der Waals surface area contributed by atoms with Gasteiger partial charge in [-0.3, -0.25) is 0 Å². The minimum Gasteiger partial charge on any atom is -0.504 e. The summed E-state index contributed by atoms with van der Waals surface area (Å²) in [5.41, 5.74) is 0.00929. The molecular formula is C15H10N2O3S. The monoisotopic (exact) mass is 298 g/mol. The summed E-state index contributed by atoms with van der Waals surface area (Å²) in [6.07, 6.45) is 0. The molecule has 0 unspecified atom stereocenters. The van der Waals surface area contributed by atoms with E-state index < -0.39 is 11.5 Å². The Morgan fingerprint density at radius 3 is 2.29 bits per heavy atom. The van der Waals surface area contributed by atoms with Gasteiger partial charge in [-0.05, 0) is 24.3 Å². The summed E-state index contributed by atoms with van der Waals surface area (Å²) in [4.78, 5) is 1.08. The van der Waals surface area contributed by atoms with Gasteiger partial charge in [-0.15, -0.1) is 0 Å². The van der Waals surface area contributed by atoms with E-state index in [1.807, 2.05) is 12.1 Å². The van der Waals surface area contributed by atoms with Gasteiger partial charge in [-0.1, -0.05) is 11.8 Å². The molecule has 2 rings (SSSR count). The molecule has 0 aliphatic heterocycles. The molecule has 2 N–H and O–H groups in total. The van der Waals surface area contributed by atoms with Gasteiger partial charge in [0.05, 0.1) is 17.6 Å². The number of hydrogen-bond acceptors (Lipinski definition) is 6. The third kappa shape index (κ3) is 2.86. The van der Waals surface area contributed by atoms with Crippen molar-refractivity contribution in [2.45, 2.75) is 9.79 Å². The molecule has 0 fully saturated rings. The maximum Gasteiger partial charge on any atom is 0.176 e. The maximum absolute atomic E-state index is 9.74. The number of hydrogen-bond donors (Lipinski definition) is 2. The van der Waals surface area contributed by atoms with Crippen LogP contribution in [0.15, 0.2) is 40.1 Å². The summed E-state index contributed by atoms with van der Waals surface area (Å²) in [6.45, 7) is 0. The zero-order valence-corrected chi connectivity index (χ0v) is 11.8. The highest BCUT2D eigenvalue weighted by Crippen LogP contribution is 2.41. The van der Waals surface area contributed by atoms with Crippen LogP contribution in [0.2, 0.25) is 0 Å². The van der Waals surface area contributed by atoms with Crippen LogP contribution in [0.5, 0.6) is 17.2 Å². The third-order valence-electron chi connectivity index (χ3n) is 2.74. The van der Waals surface area contributed by atoms with Crippen LogP contribution in [-0.4, -0.2) is 17.3 Å². The first-order valence-electron chi connectivity index (χ1n) is 5.81. The zero-order valence-electron chi connectivity index (χ0n) is 11.0. The van der Waals surface area contributed by atoms with Crippen molar-refractivity contribution in [3.05, 3.63) is 41.5 Å². The number of phenols is 2. The van der Waals surface area contributed by atoms with E-state index in [0.717, 1.165) is 22.7 Å².